The standard InChI is InChI=1S/C14H11ClN2O2S/c1-3-7-17(8-4-2)14(18)11-9-10(16-19-11)12-5-6-13(15)20-12/h1-2,5-6,11H,7-9H2/t11-/m1/s1. The molecule has 2 heterocycles. The summed E-state index contributed by atoms with van der Waals surface area (Å²) in [6.07, 6.45) is 10.2. The number of hydrogen-bond acceptors (Lipinski definition) is 4. The highest BCUT2D eigenvalue weighted by molar-refractivity contribution is 7.18. The van der Waals surface area contributed by atoms with Crippen molar-refractivity contribution in [2.75, 3.05) is 13.1 Å². The second kappa shape index (κ2) is 6.47. The number of terminal acetylenes is 2. The maximum absolute atomic E-state index is 12.2. The Balaban J connectivity index is 2.02. The van der Waals surface area contributed by atoms with Crippen molar-refractivity contribution in [3.05, 3.63) is 21.3 Å². The van der Waals surface area contributed by atoms with Crippen molar-refractivity contribution in [3.63, 3.8) is 0 Å². The summed E-state index contributed by atoms with van der Waals surface area (Å²) in [5, 5.41) is 3.94. The first-order chi connectivity index (χ1) is 9.65. The van der Waals surface area contributed by atoms with Gasteiger partial charge in [-0.15, -0.1) is 24.2 Å². The van der Waals surface area contributed by atoms with E-state index in [0.29, 0.717) is 16.5 Å². The third-order valence-corrected chi connectivity index (χ3v) is 3.96. The summed E-state index contributed by atoms with van der Waals surface area (Å²) >= 11 is 7.27. The van der Waals surface area contributed by atoms with Crippen LogP contribution in [0, 0.1) is 24.7 Å². The molecule has 6 heteroatoms. The van der Waals surface area contributed by atoms with Crippen LogP contribution in [0.15, 0.2) is 17.3 Å². The molecule has 1 aliphatic rings. The van der Waals surface area contributed by atoms with Gasteiger partial charge in [0.15, 0.2) is 0 Å². The predicted molar refractivity (Wildman–Crippen MR) is 79.6 cm³/mol. The van der Waals surface area contributed by atoms with Crippen LogP contribution < -0.4 is 0 Å². The molecule has 0 unspecified atom stereocenters. The van der Waals surface area contributed by atoms with Crippen molar-refractivity contribution in [2.45, 2.75) is 12.5 Å². The van der Waals surface area contributed by atoms with Gasteiger partial charge in [0.1, 0.15) is 5.71 Å². The number of carbonyl (C=O) groups excluding carboxylic acids is 1. The van der Waals surface area contributed by atoms with Crippen LogP contribution in [0.2, 0.25) is 4.34 Å². The Morgan fingerprint density at radius 3 is 2.75 bits per heavy atom. The number of hydrogen-bond donors (Lipinski definition) is 0. The van der Waals surface area contributed by atoms with Gasteiger partial charge in [-0.25, -0.2) is 0 Å². The van der Waals surface area contributed by atoms with Crippen LogP contribution in [0.5, 0.6) is 0 Å². The molecule has 0 fully saturated rings. The highest BCUT2D eigenvalue weighted by Gasteiger charge is 2.32. The van der Waals surface area contributed by atoms with Crippen molar-refractivity contribution in [3.8, 4) is 24.7 Å². The third kappa shape index (κ3) is 3.14. The molecule has 0 N–H and O–H groups in total. The van der Waals surface area contributed by atoms with Crippen molar-refractivity contribution < 1.29 is 9.63 Å². The van der Waals surface area contributed by atoms with E-state index in [4.69, 9.17) is 29.3 Å². The summed E-state index contributed by atoms with van der Waals surface area (Å²) in [4.78, 5) is 19.7. The Labute approximate surface area is 126 Å². The largest absolute Gasteiger partial charge is 0.382 e. The van der Waals surface area contributed by atoms with E-state index in [2.05, 4.69) is 17.0 Å². The number of rotatable bonds is 4. The van der Waals surface area contributed by atoms with E-state index >= 15 is 0 Å². The van der Waals surface area contributed by atoms with Gasteiger partial charge in [-0.05, 0) is 12.1 Å². The van der Waals surface area contributed by atoms with Crippen LogP contribution in [0.25, 0.3) is 0 Å². The van der Waals surface area contributed by atoms with Gasteiger partial charge >= 0.3 is 0 Å². The Morgan fingerprint density at radius 2 is 2.20 bits per heavy atom. The van der Waals surface area contributed by atoms with Gasteiger partial charge in [-0.2, -0.15) is 0 Å². The molecule has 1 atom stereocenters. The second-order valence-electron chi connectivity index (χ2n) is 4.04. The topological polar surface area (TPSA) is 41.9 Å². The van der Waals surface area contributed by atoms with Crippen LogP contribution in [-0.4, -0.2) is 35.7 Å². The average molecular weight is 307 g/mol. The molecule has 1 aliphatic heterocycles. The van der Waals surface area contributed by atoms with Crippen molar-refractivity contribution in [1.82, 2.24) is 4.90 Å². The van der Waals surface area contributed by atoms with Crippen LogP contribution in [0.4, 0.5) is 0 Å². The van der Waals surface area contributed by atoms with Gasteiger partial charge < -0.3 is 9.74 Å². The highest BCUT2D eigenvalue weighted by Crippen LogP contribution is 2.26. The smallest absolute Gasteiger partial charge is 0.268 e. The monoisotopic (exact) mass is 306 g/mol. The lowest BCUT2D eigenvalue weighted by Crippen LogP contribution is -2.39. The Kier molecular flexibility index (Phi) is 4.68. The van der Waals surface area contributed by atoms with Gasteiger partial charge in [0, 0.05) is 6.42 Å². The lowest BCUT2D eigenvalue weighted by atomic mass is 10.1. The second-order valence-corrected chi connectivity index (χ2v) is 5.76. The zero-order valence-corrected chi connectivity index (χ0v) is 12.1. The minimum atomic E-state index is -0.674. The van der Waals surface area contributed by atoms with E-state index in [1.54, 1.807) is 6.07 Å². The van der Waals surface area contributed by atoms with E-state index in [0.717, 1.165) is 4.88 Å². The molecular weight excluding hydrogens is 296 g/mol. The Hall–Kier alpha value is -1.95. The van der Waals surface area contributed by atoms with Gasteiger partial charge in [0.05, 0.1) is 22.3 Å². The van der Waals surface area contributed by atoms with E-state index in [1.165, 1.54) is 16.2 Å². The van der Waals surface area contributed by atoms with E-state index in [1.807, 2.05) is 6.07 Å². The first-order valence-corrected chi connectivity index (χ1v) is 6.99. The molecule has 0 saturated heterocycles. The highest BCUT2D eigenvalue weighted by atomic mass is 35.5. The quantitative estimate of drug-likeness (QED) is 0.798. The van der Waals surface area contributed by atoms with Crippen LogP contribution in [-0.2, 0) is 9.63 Å². The fraction of sp³-hybridized carbons (Fsp3) is 0.286. The molecule has 0 aromatic carbocycles. The number of nitrogens with zero attached hydrogens (tertiary/aromatic N) is 2. The molecule has 2 rings (SSSR count). The molecule has 20 heavy (non-hydrogen) atoms. The molecule has 0 aliphatic carbocycles. The molecule has 4 nitrogen and oxygen atoms in total. The van der Waals surface area contributed by atoms with Crippen molar-refractivity contribution >= 4 is 34.6 Å². The molecule has 0 saturated carbocycles. The van der Waals surface area contributed by atoms with Gasteiger partial charge in [0.25, 0.3) is 5.91 Å². The molecule has 1 amide bonds. The van der Waals surface area contributed by atoms with Crippen LogP contribution in [0.3, 0.4) is 0 Å². The van der Waals surface area contributed by atoms with Gasteiger partial charge in [0.2, 0.25) is 6.10 Å². The number of thiophene rings is 1. The summed E-state index contributed by atoms with van der Waals surface area (Å²) in [6.45, 7) is 0.312. The predicted octanol–water partition coefficient (Wildman–Crippen LogP) is 1.99. The molecule has 0 spiro atoms. The molecule has 0 radical (unpaired) electrons. The first-order valence-electron chi connectivity index (χ1n) is 5.79. The fourth-order valence-corrected chi connectivity index (χ4v) is 2.79. The fourth-order valence-electron chi connectivity index (χ4n) is 1.76. The first kappa shape index (κ1) is 14.5. The van der Waals surface area contributed by atoms with Crippen molar-refractivity contribution in [2.24, 2.45) is 5.16 Å². The molecule has 1 aromatic rings. The maximum atomic E-state index is 12.2. The summed E-state index contributed by atoms with van der Waals surface area (Å²) in [6, 6.07) is 3.63. The normalized spacial score (nSPS) is 16.8. The van der Waals surface area contributed by atoms with Crippen molar-refractivity contribution in [1.29, 1.82) is 0 Å². The van der Waals surface area contributed by atoms with Crippen LogP contribution >= 0.6 is 22.9 Å². The molecule has 102 valence electrons. The maximum Gasteiger partial charge on any atom is 0.268 e. The van der Waals surface area contributed by atoms with Crippen LogP contribution in [0.1, 0.15) is 11.3 Å². The lowest BCUT2D eigenvalue weighted by molar-refractivity contribution is -0.140. The lowest BCUT2D eigenvalue weighted by Gasteiger charge is -2.19. The molecule has 1 aromatic heterocycles. The van der Waals surface area contributed by atoms with E-state index < -0.39 is 6.10 Å². The Bertz CT molecular complexity index is 608. The number of carbonyl (C=O) groups is 1. The van der Waals surface area contributed by atoms with Gasteiger partial charge in [-0.1, -0.05) is 28.6 Å². The van der Waals surface area contributed by atoms with E-state index in [-0.39, 0.29) is 19.0 Å². The Morgan fingerprint density at radius 1 is 1.50 bits per heavy atom. The number of halogens is 1. The number of amides is 1. The summed E-state index contributed by atoms with van der Waals surface area (Å²) < 4.78 is 0.666. The molecule has 0 bridgehead atoms. The minimum absolute atomic E-state index is 0.156. The summed E-state index contributed by atoms with van der Waals surface area (Å²) in [5.41, 5.74) is 0.710. The minimum Gasteiger partial charge on any atom is -0.382 e. The SMILES string of the molecule is C#CCN(CC#C)C(=O)[C@H]1CC(c2ccc(Cl)s2)=NO1. The summed E-state index contributed by atoms with van der Waals surface area (Å²) in [5.74, 6) is 4.56. The third-order valence-electron chi connectivity index (χ3n) is 2.68. The summed E-state index contributed by atoms with van der Waals surface area (Å²) in [7, 11) is 0. The molecular formula is C14H11ClN2O2S. The zero-order chi connectivity index (χ0) is 14.5. The number of oxime groups is 1. The average Bonchev–Trinajstić information content (AvgIpc) is 3.06. The van der Waals surface area contributed by atoms with Gasteiger partial charge in [-0.3, -0.25) is 4.79 Å². The van der Waals surface area contributed by atoms with E-state index in [9.17, 15) is 4.79 Å². The zero-order valence-electron chi connectivity index (χ0n) is 10.5.